The van der Waals surface area contributed by atoms with E-state index >= 15 is 0 Å². The van der Waals surface area contributed by atoms with E-state index < -0.39 is 11.0 Å². The lowest BCUT2D eigenvalue weighted by atomic mass is 10.2. The monoisotopic (exact) mass is 239 g/mol. The first-order chi connectivity index (χ1) is 7.63. The molecule has 0 N–H and O–H groups in total. The molecule has 0 bridgehead atoms. The van der Waals surface area contributed by atoms with Crippen molar-refractivity contribution in [2.75, 3.05) is 0 Å². The maximum Gasteiger partial charge on any atom is 0.302 e. The molecule has 0 amide bonds. The number of benzene rings is 1. The number of hydrogen-bond donors (Lipinski definition) is 0. The Labute approximate surface area is 94.7 Å². The van der Waals surface area contributed by atoms with Crippen LogP contribution in [-0.2, 0) is 31.9 Å². The molecular weight excluding hydrogens is 230 g/mol. The van der Waals surface area contributed by atoms with E-state index in [0.717, 1.165) is 5.56 Å². The molecule has 0 radical (unpaired) electrons. The van der Waals surface area contributed by atoms with Gasteiger partial charge in [-0.3, -0.25) is 4.79 Å². The second-order valence-electron chi connectivity index (χ2n) is 2.86. The number of rotatable bonds is 4. The molecule has 84 valence electrons. The summed E-state index contributed by atoms with van der Waals surface area (Å²) in [5.74, 6) is -0.363. The molecule has 0 aliphatic heterocycles. The van der Waals surface area contributed by atoms with E-state index in [4.69, 9.17) is 4.74 Å². The van der Waals surface area contributed by atoms with Crippen molar-refractivity contribution in [3.05, 3.63) is 29.8 Å². The van der Waals surface area contributed by atoms with Crippen LogP contribution in [0.1, 0.15) is 12.5 Å². The van der Waals surface area contributed by atoms with Crippen LogP contribution in [0.4, 0.5) is 0 Å². The van der Waals surface area contributed by atoms with Crippen molar-refractivity contribution in [2.45, 2.75) is 18.4 Å². The van der Waals surface area contributed by atoms with Gasteiger partial charge in [-0.2, -0.15) is 0 Å². The van der Waals surface area contributed by atoms with Crippen LogP contribution in [0.3, 0.4) is 0 Å². The topological polar surface area (TPSA) is 72.8 Å². The fourth-order valence-corrected chi connectivity index (χ4v) is 1.52. The molecule has 1 aromatic rings. The second kappa shape index (κ2) is 5.95. The Morgan fingerprint density at radius 3 is 2.56 bits per heavy atom. The standard InChI is InChI=1S/C10H9NO4S/c1-8(13)15-6-9-2-4-10(5-3-9)16(14)11-7-12/h2-5H,6H2,1H3. The lowest BCUT2D eigenvalue weighted by molar-refractivity contribution is -0.142. The highest BCUT2D eigenvalue weighted by Crippen LogP contribution is 2.10. The second-order valence-corrected chi connectivity index (χ2v) is 4.01. The molecule has 0 heterocycles. The average molecular weight is 239 g/mol. The van der Waals surface area contributed by atoms with Gasteiger partial charge in [-0.25, -0.2) is 9.00 Å². The van der Waals surface area contributed by atoms with E-state index in [9.17, 15) is 13.8 Å². The molecule has 6 heteroatoms. The van der Waals surface area contributed by atoms with Gasteiger partial charge in [0.15, 0.2) is 11.0 Å². The molecule has 0 aromatic heterocycles. The minimum atomic E-state index is -1.71. The summed E-state index contributed by atoms with van der Waals surface area (Å²) in [6.07, 6.45) is 1.23. The van der Waals surface area contributed by atoms with Crippen molar-refractivity contribution in [3.8, 4) is 0 Å². The van der Waals surface area contributed by atoms with Crippen molar-refractivity contribution in [1.82, 2.24) is 0 Å². The number of nitrogens with zero attached hydrogens (tertiary/aromatic N) is 1. The zero-order valence-electron chi connectivity index (χ0n) is 8.50. The summed E-state index contributed by atoms with van der Waals surface area (Å²) < 4.78 is 19.1. The van der Waals surface area contributed by atoms with E-state index in [1.54, 1.807) is 24.3 Å². The number of carbonyl (C=O) groups is 1. The van der Waals surface area contributed by atoms with E-state index in [1.165, 1.54) is 13.0 Å². The first-order valence-electron chi connectivity index (χ1n) is 4.35. The van der Waals surface area contributed by atoms with E-state index in [1.807, 2.05) is 0 Å². The largest absolute Gasteiger partial charge is 0.461 e. The molecule has 1 rings (SSSR count). The van der Waals surface area contributed by atoms with Crippen LogP contribution in [0.2, 0.25) is 0 Å². The highest BCUT2D eigenvalue weighted by Gasteiger charge is 2.02. The Bertz CT molecular complexity index is 448. The summed E-state index contributed by atoms with van der Waals surface area (Å²) >= 11 is 0. The predicted molar refractivity (Wildman–Crippen MR) is 56.4 cm³/mol. The van der Waals surface area contributed by atoms with Gasteiger partial charge in [0.05, 0.1) is 4.90 Å². The molecule has 16 heavy (non-hydrogen) atoms. The lowest BCUT2D eigenvalue weighted by Gasteiger charge is -2.02. The molecule has 1 aromatic carbocycles. The third kappa shape index (κ3) is 3.76. The Hall–Kier alpha value is -1.78. The minimum Gasteiger partial charge on any atom is -0.461 e. The Balaban J connectivity index is 2.71. The highest BCUT2D eigenvalue weighted by atomic mass is 32.2. The van der Waals surface area contributed by atoms with Gasteiger partial charge >= 0.3 is 5.97 Å². The van der Waals surface area contributed by atoms with Crippen LogP contribution in [-0.4, -0.2) is 16.3 Å². The summed E-state index contributed by atoms with van der Waals surface area (Å²) in [6.45, 7) is 1.49. The van der Waals surface area contributed by atoms with E-state index in [-0.39, 0.29) is 12.6 Å². The molecule has 0 aliphatic carbocycles. The van der Waals surface area contributed by atoms with Crippen molar-refractivity contribution < 1.29 is 18.5 Å². The molecular formula is C10H9NO4S. The number of hydrogen-bond acceptors (Lipinski definition) is 4. The first-order valence-corrected chi connectivity index (χ1v) is 5.46. The molecule has 0 fully saturated rings. The molecule has 0 saturated heterocycles. The number of carbonyl (C=O) groups excluding carboxylic acids is 2. The van der Waals surface area contributed by atoms with Crippen LogP contribution in [0.15, 0.2) is 33.6 Å². The number of esters is 1. The minimum absolute atomic E-state index is 0.166. The van der Waals surface area contributed by atoms with Gasteiger partial charge in [-0.15, -0.1) is 0 Å². The van der Waals surface area contributed by atoms with Crippen molar-refractivity contribution in [2.24, 2.45) is 4.40 Å². The SMILES string of the molecule is CC(=O)OCc1ccc(S(=O)N=C=O)cc1. The Morgan fingerprint density at radius 1 is 1.44 bits per heavy atom. The molecule has 0 saturated carbocycles. The Morgan fingerprint density at radius 2 is 2.06 bits per heavy atom. The maximum atomic E-state index is 11.2. The van der Waals surface area contributed by atoms with Crippen LogP contribution >= 0.6 is 0 Å². The van der Waals surface area contributed by atoms with Crippen LogP contribution < -0.4 is 0 Å². The summed E-state index contributed by atoms with van der Waals surface area (Å²) in [5.41, 5.74) is 0.769. The summed E-state index contributed by atoms with van der Waals surface area (Å²) in [7, 11) is -1.71. The van der Waals surface area contributed by atoms with Crippen molar-refractivity contribution >= 4 is 23.0 Å². The molecule has 0 aliphatic rings. The fourth-order valence-electron chi connectivity index (χ4n) is 0.974. The van der Waals surface area contributed by atoms with Crippen LogP contribution in [0, 0.1) is 0 Å². The van der Waals surface area contributed by atoms with Gasteiger partial charge in [-0.1, -0.05) is 16.5 Å². The highest BCUT2D eigenvalue weighted by molar-refractivity contribution is 7.83. The summed E-state index contributed by atoms with van der Waals surface area (Å²) in [5, 5.41) is 0. The summed E-state index contributed by atoms with van der Waals surface area (Å²) in [4.78, 5) is 20.8. The predicted octanol–water partition coefficient (Wildman–Crippen LogP) is 1.11. The van der Waals surface area contributed by atoms with Gasteiger partial charge in [0, 0.05) is 6.92 Å². The zero-order chi connectivity index (χ0) is 12.0. The smallest absolute Gasteiger partial charge is 0.302 e. The number of ether oxygens (including phenoxy) is 1. The van der Waals surface area contributed by atoms with Gasteiger partial charge < -0.3 is 4.74 Å². The van der Waals surface area contributed by atoms with Crippen LogP contribution in [0.25, 0.3) is 0 Å². The van der Waals surface area contributed by atoms with E-state index in [2.05, 4.69) is 4.40 Å². The van der Waals surface area contributed by atoms with Crippen LogP contribution in [0.5, 0.6) is 0 Å². The number of isocyanates is 1. The van der Waals surface area contributed by atoms with Gasteiger partial charge in [0.2, 0.25) is 6.08 Å². The van der Waals surface area contributed by atoms with Gasteiger partial charge in [-0.05, 0) is 17.7 Å². The first kappa shape index (κ1) is 12.3. The lowest BCUT2D eigenvalue weighted by Crippen LogP contribution is -1.98. The van der Waals surface area contributed by atoms with Gasteiger partial charge in [0.25, 0.3) is 0 Å². The Kier molecular flexibility index (Phi) is 4.57. The quantitative estimate of drug-likeness (QED) is 0.448. The van der Waals surface area contributed by atoms with Gasteiger partial charge in [0.1, 0.15) is 6.61 Å². The molecule has 5 nitrogen and oxygen atoms in total. The fraction of sp³-hybridized carbons (Fsp3) is 0.200. The third-order valence-electron chi connectivity index (χ3n) is 1.69. The van der Waals surface area contributed by atoms with Crippen molar-refractivity contribution in [1.29, 1.82) is 0 Å². The van der Waals surface area contributed by atoms with E-state index in [0.29, 0.717) is 4.90 Å². The normalized spacial score (nSPS) is 11.3. The van der Waals surface area contributed by atoms with Crippen molar-refractivity contribution in [3.63, 3.8) is 0 Å². The molecule has 0 spiro atoms. The maximum absolute atomic E-state index is 11.2. The zero-order valence-corrected chi connectivity index (χ0v) is 9.32. The molecule has 1 atom stereocenters. The molecule has 1 unspecified atom stereocenters. The third-order valence-corrected chi connectivity index (χ3v) is 2.60. The average Bonchev–Trinajstić information content (AvgIpc) is 2.27. The summed E-state index contributed by atoms with van der Waals surface area (Å²) in [6, 6.07) is 6.40.